The number of halogens is 1. The fourth-order valence-corrected chi connectivity index (χ4v) is 3.23. The molecule has 1 aromatic carbocycles. The van der Waals surface area contributed by atoms with Gasteiger partial charge in [-0.25, -0.2) is 0 Å². The molecule has 1 aromatic rings. The Hall–Kier alpha value is -1.54. The largest absolute Gasteiger partial charge is 0.496 e. The van der Waals surface area contributed by atoms with Crippen LogP contribution in [-0.4, -0.2) is 63.4 Å². The van der Waals surface area contributed by atoms with Gasteiger partial charge in [0.25, 0.3) is 5.91 Å². The van der Waals surface area contributed by atoms with E-state index in [4.69, 9.17) is 32.5 Å². The van der Waals surface area contributed by atoms with Crippen LogP contribution in [0.3, 0.4) is 0 Å². The van der Waals surface area contributed by atoms with Crippen LogP contribution in [0.2, 0.25) is 5.02 Å². The first-order valence-electron chi connectivity index (χ1n) is 8.39. The van der Waals surface area contributed by atoms with Crippen LogP contribution < -0.4 is 21.5 Å². The van der Waals surface area contributed by atoms with Crippen molar-refractivity contribution < 1.29 is 14.3 Å². The summed E-state index contributed by atoms with van der Waals surface area (Å²) in [6, 6.07) is 3.01. The fourth-order valence-electron chi connectivity index (χ4n) is 3.06. The van der Waals surface area contributed by atoms with Crippen molar-refractivity contribution in [3.63, 3.8) is 0 Å². The zero-order valence-electron chi connectivity index (χ0n) is 14.8. The zero-order valence-corrected chi connectivity index (χ0v) is 15.5. The topological polar surface area (TPSA) is 103 Å². The van der Waals surface area contributed by atoms with Gasteiger partial charge in [0, 0.05) is 26.3 Å². The van der Waals surface area contributed by atoms with Crippen LogP contribution in [0.25, 0.3) is 0 Å². The molecule has 0 unspecified atom stereocenters. The molecule has 140 valence electrons. The lowest BCUT2D eigenvalue weighted by Gasteiger charge is -2.38. The number of anilines is 1. The van der Waals surface area contributed by atoms with Crippen LogP contribution in [0.1, 0.15) is 23.2 Å². The third kappa shape index (κ3) is 4.98. The lowest BCUT2D eigenvalue weighted by Crippen LogP contribution is -2.55. The van der Waals surface area contributed by atoms with Gasteiger partial charge in [0.15, 0.2) is 0 Å². The molecular formula is C17H27ClN4O3. The van der Waals surface area contributed by atoms with Gasteiger partial charge < -0.3 is 31.2 Å². The maximum Gasteiger partial charge on any atom is 0.255 e. The van der Waals surface area contributed by atoms with Crippen molar-refractivity contribution in [2.24, 2.45) is 5.73 Å². The number of hydrogen-bond acceptors (Lipinski definition) is 6. The lowest BCUT2D eigenvalue weighted by atomic mass is 10.0. The monoisotopic (exact) mass is 370 g/mol. The molecule has 8 heteroatoms. The number of piperidine rings is 1. The molecule has 0 spiro atoms. The molecule has 1 saturated heterocycles. The Bertz CT molecular complexity index is 600. The van der Waals surface area contributed by atoms with E-state index in [-0.39, 0.29) is 18.1 Å². The van der Waals surface area contributed by atoms with Crippen LogP contribution in [0.4, 0.5) is 5.69 Å². The highest BCUT2D eigenvalue weighted by molar-refractivity contribution is 6.33. The van der Waals surface area contributed by atoms with Crippen LogP contribution in [0.15, 0.2) is 12.1 Å². The average molecular weight is 371 g/mol. The minimum atomic E-state index is -0.249. The molecule has 2 atom stereocenters. The van der Waals surface area contributed by atoms with Gasteiger partial charge in [0.2, 0.25) is 0 Å². The number of carbonyl (C=O) groups is 1. The van der Waals surface area contributed by atoms with Crippen molar-refractivity contribution in [1.29, 1.82) is 0 Å². The lowest BCUT2D eigenvalue weighted by molar-refractivity contribution is 0.00631. The van der Waals surface area contributed by atoms with Crippen molar-refractivity contribution in [2.75, 3.05) is 46.1 Å². The predicted octanol–water partition coefficient (Wildman–Crippen LogP) is 1.10. The van der Waals surface area contributed by atoms with Crippen molar-refractivity contribution in [3.8, 4) is 5.75 Å². The number of carbonyl (C=O) groups excluding carboxylic acids is 1. The Morgan fingerprint density at radius 1 is 1.44 bits per heavy atom. The third-order valence-corrected chi connectivity index (χ3v) is 4.83. The quantitative estimate of drug-likeness (QED) is 0.621. The summed E-state index contributed by atoms with van der Waals surface area (Å²) < 4.78 is 10.8. The second-order valence-corrected chi connectivity index (χ2v) is 6.57. The molecule has 1 heterocycles. The molecule has 0 saturated carbocycles. The minimum Gasteiger partial charge on any atom is -0.496 e. The summed E-state index contributed by atoms with van der Waals surface area (Å²) >= 11 is 6.05. The molecule has 0 radical (unpaired) electrons. The number of nitrogens with zero attached hydrogens (tertiary/aromatic N) is 1. The molecule has 25 heavy (non-hydrogen) atoms. The number of amides is 1. The Morgan fingerprint density at radius 3 is 2.84 bits per heavy atom. The predicted molar refractivity (Wildman–Crippen MR) is 99.2 cm³/mol. The molecule has 0 aliphatic carbocycles. The summed E-state index contributed by atoms with van der Waals surface area (Å²) in [7, 11) is 3.16. The second kappa shape index (κ2) is 9.24. The van der Waals surface area contributed by atoms with E-state index in [0.717, 1.165) is 32.5 Å². The van der Waals surface area contributed by atoms with Crippen molar-refractivity contribution in [3.05, 3.63) is 22.7 Å². The number of likely N-dealkylation sites (tertiary alicyclic amines) is 1. The number of methoxy groups -OCH3 is 2. The number of nitrogens with two attached hydrogens (primary N) is 2. The Labute approximate surface area is 153 Å². The van der Waals surface area contributed by atoms with Crippen molar-refractivity contribution in [1.82, 2.24) is 10.2 Å². The maximum atomic E-state index is 12.7. The van der Waals surface area contributed by atoms with Crippen molar-refractivity contribution >= 4 is 23.2 Å². The van der Waals surface area contributed by atoms with Crippen LogP contribution in [0.5, 0.6) is 5.75 Å². The van der Waals surface area contributed by atoms with Gasteiger partial charge in [0.1, 0.15) is 5.75 Å². The number of rotatable bonds is 7. The fraction of sp³-hybridized carbons (Fsp3) is 0.588. The number of benzene rings is 1. The minimum absolute atomic E-state index is 0.0762. The van der Waals surface area contributed by atoms with E-state index in [1.54, 1.807) is 13.2 Å². The van der Waals surface area contributed by atoms with Crippen LogP contribution in [-0.2, 0) is 4.74 Å². The molecule has 1 aliphatic rings. The Balaban J connectivity index is 2.06. The zero-order chi connectivity index (χ0) is 18.4. The number of nitrogens with one attached hydrogen (secondary N) is 1. The normalized spacial score (nSPS) is 21.1. The molecule has 2 rings (SSSR count). The van der Waals surface area contributed by atoms with E-state index >= 15 is 0 Å². The molecule has 5 N–H and O–H groups in total. The van der Waals surface area contributed by atoms with Gasteiger partial charge in [-0.05, 0) is 32.0 Å². The molecule has 0 bridgehead atoms. The molecule has 1 amide bonds. The van der Waals surface area contributed by atoms with E-state index in [1.807, 2.05) is 0 Å². The first-order chi connectivity index (χ1) is 12.0. The average Bonchev–Trinajstić information content (AvgIpc) is 2.62. The summed E-state index contributed by atoms with van der Waals surface area (Å²) in [6.07, 6.45) is 1.68. The third-order valence-electron chi connectivity index (χ3n) is 4.50. The van der Waals surface area contributed by atoms with Gasteiger partial charge in [-0.1, -0.05) is 11.6 Å². The van der Waals surface area contributed by atoms with Gasteiger partial charge in [-0.15, -0.1) is 0 Å². The number of ether oxygens (including phenoxy) is 2. The van der Waals surface area contributed by atoms with E-state index in [9.17, 15) is 4.79 Å². The van der Waals surface area contributed by atoms with Crippen LogP contribution >= 0.6 is 11.6 Å². The van der Waals surface area contributed by atoms with Crippen molar-refractivity contribution in [2.45, 2.75) is 25.0 Å². The first kappa shape index (κ1) is 19.8. The SMILES string of the molecule is COc1cc(N)c(Cl)cc1C(=O)N[C@@H]1CCN(CCCN)C[C@@H]1OC. The summed E-state index contributed by atoms with van der Waals surface area (Å²) in [5.41, 5.74) is 12.1. The van der Waals surface area contributed by atoms with Gasteiger partial charge in [-0.2, -0.15) is 0 Å². The summed E-state index contributed by atoms with van der Waals surface area (Å²) in [4.78, 5) is 15.0. The molecule has 1 fully saturated rings. The first-order valence-corrected chi connectivity index (χ1v) is 8.77. The van der Waals surface area contributed by atoms with Crippen LogP contribution in [0, 0.1) is 0 Å². The van der Waals surface area contributed by atoms with Gasteiger partial charge in [0.05, 0.1) is 35.5 Å². The Morgan fingerprint density at radius 2 is 2.20 bits per heavy atom. The highest BCUT2D eigenvalue weighted by Crippen LogP contribution is 2.29. The van der Waals surface area contributed by atoms with E-state index in [1.165, 1.54) is 13.2 Å². The molecular weight excluding hydrogens is 344 g/mol. The van der Waals surface area contributed by atoms with E-state index in [2.05, 4.69) is 10.2 Å². The summed E-state index contributed by atoms with van der Waals surface area (Å²) in [6.45, 7) is 3.27. The summed E-state index contributed by atoms with van der Waals surface area (Å²) in [5.74, 6) is 0.148. The molecule has 7 nitrogen and oxygen atoms in total. The highest BCUT2D eigenvalue weighted by Gasteiger charge is 2.31. The summed E-state index contributed by atoms with van der Waals surface area (Å²) in [5, 5.41) is 3.36. The maximum absolute atomic E-state index is 12.7. The number of hydrogen-bond donors (Lipinski definition) is 3. The highest BCUT2D eigenvalue weighted by atomic mass is 35.5. The van der Waals surface area contributed by atoms with Gasteiger partial charge in [-0.3, -0.25) is 4.79 Å². The smallest absolute Gasteiger partial charge is 0.255 e. The van der Waals surface area contributed by atoms with E-state index in [0.29, 0.717) is 28.6 Å². The number of nitrogen functional groups attached to an aromatic ring is 1. The molecule has 1 aliphatic heterocycles. The Kier molecular flexibility index (Phi) is 7.31. The van der Waals surface area contributed by atoms with Gasteiger partial charge >= 0.3 is 0 Å². The molecule has 0 aromatic heterocycles. The van der Waals surface area contributed by atoms with E-state index < -0.39 is 0 Å². The standard InChI is InChI=1S/C17H27ClN4O3/c1-24-15-9-13(20)12(18)8-11(15)17(23)21-14-4-7-22(6-3-5-19)10-16(14)25-2/h8-9,14,16H,3-7,10,19-20H2,1-2H3,(H,21,23)/t14-,16+/m1/s1. The second-order valence-electron chi connectivity index (χ2n) is 6.16.